The summed E-state index contributed by atoms with van der Waals surface area (Å²) in [6.07, 6.45) is 5.73. The molecule has 6 heteroatoms. The van der Waals surface area contributed by atoms with Crippen molar-refractivity contribution >= 4 is 17.5 Å². The lowest BCUT2D eigenvalue weighted by Crippen LogP contribution is -2.40. The first-order valence-electron chi connectivity index (χ1n) is 9.20. The maximum absolute atomic E-state index is 14.1. The van der Waals surface area contributed by atoms with Crippen LogP contribution in [0.5, 0.6) is 5.75 Å². The summed E-state index contributed by atoms with van der Waals surface area (Å²) >= 11 is 6.03. The zero-order valence-corrected chi connectivity index (χ0v) is 16.9. The number of rotatable bonds is 6. The van der Waals surface area contributed by atoms with Gasteiger partial charge in [-0.05, 0) is 57.7 Å². The van der Waals surface area contributed by atoms with Gasteiger partial charge in [0.25, 0.3) is 5.91 Å². The van der Waals surface area contributed by atoms with E-state index in [-0.39, 0.29) is 17.7 Å². The van der Waals surface area contributed by atoms with E-state index in [2.05, 4.69) is 11.9 Å². The molecule has 1 saturated carbocycles. The Morgan fingerprint density at radius 1 is 1.39 bits per heavy atom. The van der Waals surface area contributed by atoms with Crippen molar-refractivity contribution < 1.29 is 13.9 Å². The molecule has 4 nitrogen and oxygen atoms in total. The Bertz CT molecular complexity index is 847. The standard InChI is InChI=1S/C22H24ClFN2O2/c1-4-19(21(24)11-14(2)3)22(27)26-16-6-9-17(10-7-16)28-18-8-5-15(13-25)20(23)12-18/h4-5,8,11-12,16-17H,2,6-7,9-10H2,1,3H3,(H,26,27)/b19-4?,21-11+. The molecule has 0 aromatic heterocycles. The number of halogens is 2. The van der Waals surface area contributed by atoms with Crippen LogP contribution in [0.4, 0.5) is 4.39 Å². The van der Waals surface area contributed by atoms with Crippen LogP contribution in [-0.4, -0.2) is 18.1 Å². The first-order chi connectivity index (χ1) is 13.3. The fourth-order valence-corrected chi connectivity index (χ4v) is 3.32. The zero-order valence-electron chi connectivity index (χ0n) is 16.1. The Morgan fingerprint density at radius 2 is 2.07 bits per heavy atom. The van der Waals surface area contributed by atoms with Crippen molar-refractivity contribution in [2.45, 2.75) is 51.7 Å². The molecule has 0 atom stereocenters. The molecule has 1 aromatic carbocycles. The van der Waals surface area contributed by atoms with Gasteiger partial charge in [-0.1, -0.05) is 29.8 Å². The first-order valence-corrected chi connectivity index (χ1v) is 9.58. The molecule has 2 rings (SSSR count). The van der Waals surface area contributed by atoms with E-state index in [0.717, 1.165) is 25.7 Å². The maximum Gasteiger partial charge on any atom is 0.254 e. The van der Waals surface area contributed by atoms with Crippen molar-refractivity contribution in [1.82, 2.24) is 5.32 Å². The molecule has 1 aliphatic rings. The normalized spacial score (nSPS) is 20.2. The number of ether oxygens (including phenoxy) is 1. The first kappa shape index (κ1) is 21.7. The van der Waals surface area contributed by atoms with E-state index in [1.807, 2.05) is 6.07 Å². The summed E-state index contributed by atoms with van der Waals surface area (Å²) in [5.74, 6) is -0.373. The van der Waals surface area contributed by atoms with Crippen LogP contribution in [0.1, 0.15) is 45.1 Å². The smallest absolute Gasteiger partial charge is 0.254 e. The third-order valence-corrected chi connectivity index (χ3v) is 4.85. The minimum absolute atomic E-state index is 0.0124. The van der Waals surface area contributed by atoms with Gasteiger partial charge in [0.15, 0.2) is 0 Å². The summed E-state index contributed by atoms with van der Waals surface area (Å²) in [5.41, 5.74) is 0.979. The van der Waals surface area contributed by atoms with Crippen LogP contribution < -0.4 is 10.1 Å². The minimum Gasteiger partial charge on any atom is -0.490 e. The molecule has 0 spiro atoms. The summed E-state index contributed by atoms with van der Waals surface area (Å²) in [7, 11) is 0. The average molecular weight is 403 g/mol. The van der Waals surface area contributed by atoms with Crippen molar-refractivity contribution in [2.75, 3.05) is 0 Å². The molecule has 0 radical (unpaired) electrons. The summed E-state index contributed by atoms with van der Waals surface area (Å²) in [6, 6.07) is 7.00. The number of nitrogens with zero attached hydrogens (tertiary/aromatic N) is 1. The van der Waals surface area contributed by atoms with Crippen LogP contribution in [0.25, 0.3) is 0 Å². The molecule has 148 valence electrons. The highest BCUT2D eigenvalue weighted by atomic mass is 35.5. The molecular weight excluding hydrogens is 379 g/mol. The Morgan fingerprint density at radius 3 is 2.61 bits per heavy atom. The Labute approximate surface area is 170 Å². The van der Waals surface area contributed by atoms with Gasteiger partial charge in [0.05, 0.1) is 22.3 Å². The fraction of sp³-hybridized carbons (Fsp3) is 0.364. The van der Waals surface area contributed by atoms with Gasteiger partial charge < -0.3 is 10.1 Å². The Hall–Kier alpha value is -2.58. The lowest BCUT2D eigenvalue weighted by atomic mass is 9.92. The molecule has 1 N–H and O–H groups in total. The highest BCUT2D eigenvalue weighted by molar-refractivity contribution is 6.31. The number of benzene rings is 1. The van der Waals surface area contributed by atoms with Crippen LogP contribution in [0.2, 0.25) is 5.02 Å². The molecular formula is C22H24ClFN2O2. The van der Waals surface area contributed by atoms with Gasteiger partial charge in [0, 0.05) is 12.1 Å². The van der Waals surface area contributed by atoms with E-state index in [0.29, 0.717) is 21.9 Å². The van der Waals surface area contributed by atoms with E-state index in [1.54, 1.807) is 32.0 Å². The quantitative estimate of drug-likeness (QED) is 0.512. The van der Waals surface area contributed by atoms with E-state index in [4.69, 9.17) is 21.6 Å². The average Bonchev–Trinajstić information content (AvgIpc) is 2.63. The number of allylic oxidation sites excluding steroid dienone is 3. The molecule has 1 aliphatic carbocycles. The van der Waals surface area contributed by atoms with Crippen molar-refractivity contribution in [3.63, 3.8) is 0 Å². The topological polar surface area (TPSA) is 62.1 Å². The number of hydrogen-bond acceptors (Lipinski definition) is 3. The van der Waals surface area contributed by atoms with Crippen molar-refractivity contribution in [1.29, 1.82) is 5.26 Å². The lowest BCUT2D eigenvalue weighted by Gasteiger charge is -2.29. The highest BCUT2D eigenvalue weighted by Crippen LogP contribution is 2.27. The summed E-state index contributed by atoms with van der Waals surface area (Å²) < 4.78 is 20.1. The van der Waals surface area contributed by atoms with Gasteiger partial charge >= 0.3 is 0 Å². The number of amides is 1. The van der Waals surface area contributed by atoms with Crippen LogP contribution in [0, 0.1) is 11.3 Å². The second kappa shape index (κ2) is 10.1. The van der Waals surface area contributed by atoms with Crippen molar-refractivity contribution in [3.8, 4) is 11.8 Å². The lowest BCUT2D eigenvalue weighted by molar-refractivity contribution is -0.118. The largest absolute Gasteiger partial charge is 0.490 e. The van der Waals surface area contributed by atoms with E-state index < -0.39 is 11.7 Å². The summed E-state index contributed by atoms with van der Waals surface area (Å²) in [4.78, 5) is 12.4. The number of nitriles is 1. The van der Waals surface area contributed by atoms with E-state index in [1.165, 1.54) is 12.2 Å². The highest BCUT2D eigenvalue weighted by Gasteiger charge is 2.25. The van der Waals surface area contributed by atoms with Gasteiger partial charge in [-0.15, -0.1) is 0 Å². The van der Waals surface area contributed by atoms with Gasteiger partial charge in [0.2, 0.25) is 0 Å². The van der Waals surface area contributed by atoms with Gasteiger partial charge in [-0.25, -0.2) is 4.39 Å². The van der Waals surface area contributed by atoms with Crippen LogP contribution in [0.15, 0.2) is 53.9 Å². The van der Waals surface area contributed by atoms with E-state index >= 15 is 0 Å². The molecule has 0 aliphatic heterocycles. The predicted octanol–water partition coefficient (Wildman–Crippen LogP) is 5.39. The monoisotopic (exact) mass is 402 g/mol. The molecule has 0 heterocycles. The maximum atomic E-state index is 14.1. The molecule has 0 unspecified atom stereocenters. The van der Waals surface area contributed by atoms with Crippen LogP contribution in [0.3, 0.4) is 0 Å². The second-order valence-electron chi connectivity index (χ2n) is 6.86. The molecule has 0 bridgehead atoms. The van der Waals surface area contributed by atoms with Gasteiger partial charge in [0.1, 0.15) is 17.6 Å². The Balaban J connectivity index is 1.88. The fourth-order valence-electron chi connectivity index (χ4n) is 3.11. The third-order valence-electron chi connectivity index (χ3n) is 4.54. The number of carbonyl (C=O) groups is 1. The van der Waals surface area contributed by atoms with Crippen molar-refractivity contribution in [2.24, 2.45) is 0 Å². The minimum atomic E-state index is -0.581. The van der Waals surface area contributed by atoms with Crippen molar-refractivity contribution in [3.05, 3.63) is 64.5 Å². The SMILES string of the molecule is C=C(C)/C=C(/F)C(=CC)C(=O)NC1CCC(Oc2ccc(C#N)c(Cl)c2)CC1. The molecule has 0 saturated heterocycles. The van der Waals surface area contributed by atoms with Crippen LogP contribution >= 0.6 is 11.6 Å². The predicted molar refractivity (Wildman–Crippen MR) is 109 cm³/mol. The molecule has 1 amide bonds. The molecule has 28 heavy (non-hydrogen) atoms. The molecule has 1 fully saturated rings. The Kier molecular flexibility index (Phi) is 7.83. The van der Waals surface area contributed by atoms with Gasteiger partial charge in [-0.3, -0.25) is 4.79 Å². The summed E-state index contributed by atoms with van der Waals surface area (Å²) in [5, 5.41) is 12.2. The number of carbonyl (C=O) groups excluding carboxylic acids is 1. The second-order valence-corrected chi connectivity index (χ2v) is 7.27. The zero-order chi connectivity index (χ0) is 20.7. The van der Waals surface area contributed by atoms with E-state index in [9.17, 15) is 9.18 Å². The molecule has 1 aromatic rings. The van der Waals surface area contributed by atoms with Gasteiger partial charge in [-0.2, -0.15) is 5.26 Å². The van der Waals surface area contributed by atoms with Crippen LogP contribution in [-0.2, 0) is 4.79 Å². The number of nitrogens with one attached hydrogen (secondary N) is 1. The summed E-state index contributed by atoms with van der Waals surface area (Å²) in [6.45, 7) is 6.94. The third kappa shape index (κ3) is 5.97. The number of hydrogen-bond donors (Lipinski definition) is 1.